The van der Waals surface area contributed by atoms with E-state index in [9.17, 15) is 4.79 Å². The predicted molar refractivity (Wildman–Crippen MR) is 111 cm³/mol. The molecular weight excluding hydrogens is 380 g/mol. The van der Waals surface area contributed by atoms with Gasteiger partial charge in [0.2, 0.25) is 0 Å². The summed E-state index contributed by atoms with van der Waals surface area (Å²) in [5.74, 6) is 0. The average molecular weight is 398 g/mol. The Morgan fingerprint density at radius 3 is 2.57 bits per heavy atom. The molecule has 0 spiro atoms. The van der Waals surface area contributed by atoms with Crippen molar-refractivity contribution in [3.8, 4) is 17.1 Å². The zero-order valence-electron chi connectivity index (χ0n) is 16.0. The SMILES string of the molecule is O=c1c2nn(Cc3ccc(-n4cccn4)cc3)c3ccccc3c-2nn1C1CCO1. The van der Waals surface area contributed by atoms with E-state index in [-0.39, 0.29) is 11.8 Å². The van der Waals surface area contributed by atoms with Gasteiger partial charge in [-0.15, -0.1) is 0 Å². The zero-order valence-corrected chi connectivity index (χ0v) is 16.0. The van der Waals surface area contributed by atoms with Crippen LogP contribution in [0.1, 0.15) is 18.2 Å². The number of para-hydroxylation sites is 1. The second-order valence-electron chi connectivity index (χ2n) is 7.35. The quantitative estimate of drug-likeness (QED) is 0.465. The Morgan fingerprint density at radius 1 is 1.00 bits per heavy atom. The van der Waals surface area contributed by atoms with Gasteiger partial charge in [-0.2, -0.15) is 20.0 Å². The number of fused-ring (bicyclic) bond motifs is 3. The molecule has 0 bridgehead atoms. The number of hydrogen-bond donors (Lipinski definition) is 0. The number of nitrogens with zero attached hydrogens (tertiary/aromatic N) is 6. The van der Waals surface area contributed by atoms with Gasteiger partial charge in [0.1, 0.15) is 5.69 Å². The van der Waals surface area contributed by atoms with Crippen molar-refractivity contribution in [1.82, 2.24) is 29.3 Å². The maximum Gasteiger partial charge on any atom is 0.299 e. The van der Waals surface area contributed by atoms with Crippen molar-refractivity contribution in [2.75, 3.05) is 6.61 Å². The van der Waals surface area contributed by atoms with E-state index >= 15 is 0 Å². The highest BCUT2D eigenvalue weighted by Gasteiger charge is 2.29. The average Bonchev–Trinajstić information content (AvgIpc) is 3.38. The number of aromatic nitrogens is 6. The molecule has 1 saturated heterocycles. The molecule has 3 aromatic rings. The molecule has 30 heavy (non-hydrogen) atoms. The van der Waals surface area contributed by atoms with Crippen LogP contribution in [0.5, 0.6) is 0 Å². The van der Waals surface area contributed by atoms with E-state index in [2.05, 4.69) is 15.3 Å². The third-order valence-electron chi connectivity index (χ3n) is 5.49. The Labute approximate surface area is 171 Å². The molecule has 8 heteroatoms. The highest BCUT2D eigenvalue weighted by Crippen LogP contribution is 2.28. The molecule has 1 aromatic heterocycles. The van der Waals surface area contributed by atoms with Gasteiger partial charge in [0.05, 0.1) is 24.4 Å². The van der Waals surface area contributed by atoms with E-state index in [0.29, 0.717) is 24.5 Å². The molecule has 0 amide bonds. The van der Waals surface area contributed by atoms with E-state index < -0.39 is 0 Å². The van der Waals surface area contributed by atoms with Gasteiger partial charge >= 0.3 is 0 Å². The first kappa shape index (κ1) is 17.1. The van der Waals surface area contributed by atoms with Gasteiger partial charge in [-0.05, 0) is 29.8 Å². The molecule has 3 aliphatic heterocycles. The van der Waals surface area contributed by atoms with Gasteiger partial charge in [-0.1, -0.05) is 30.3 Å². The number of hydrogen-bond acceptors (Lipinski definition) is 5. The van der Waals surface area contributed by atoms with E-state index in [0.717, 1.165) is 28.6 Å². The van der Waals surface area contributed by atoms with Gasteiger partial charge in [0.25, 0.3) is 5.56 Å². The van der Waals surface area contributed by atoms with Crippen LogP contribution in [0.25, 0.3) is 28.0 Å². The Balaban J connectivity index is 1.44. The van der Waals surface area contributed by atoms with Crippen molar-refractivity contribution >= 4 is 10.9 Å². The van der Waals surface area contributed by atoms with E-state index in [1.165, 1.54) is 4.68 Å². The van der Waals surface area contributed by atoms with Crippen molar-refractivity contribution in [3.63, 3.8) is 0 Å². The topological polar surface area (TPSA) is 79.8 Å². The van der Waals surface area contributed by atoms with Crippen molar-refractivity contribution in [1.29, 1.82) is 0 Å². The van der Waals surface area contributed by atoms with Crippen LogP contribution in [-0.4, -0.2) is 35.9 Å². The minimum atomic E-state index is -0.284. The molecule has 0 saturated carbocycles. The third kappa shape index (κ3) is 2.65. The van der Waals surface area contributed by atoms with E-state index in [1.54, 1.807) is 6.20 Å². The second-order valence-corrected chi connectivity index (χ2v) is 7.35. The largest absolute Gasteiger partial charge is 0.356 e. The Kier molecular flexibility index (Phi) is 3.78. The summed E-state index contributed by atoms with van der Waals surface area (Å²) in [6.45, 7) is 1.20. The molecule has 3 aliphatic rings. The van der Waals surface area contributed by atoms with Crippen LogP contribution in [-0.2, 0) is 11.3 Å². The van der Waals surface area contributed by atoms with Crippen molar-refractivity contribution in [2.45, 2.75) is 19.2 Å². The summed E-state index contributed by atoms with van der Waals surface area (Å²) < 4.78 is 10.6. The van der Waals surface area contributed by atoms with Crippen LogP contribution in [0.3, 0.4) is 0 Å². The second kappa shape index (κ2) is 6.64. The zero-order chi connectivity index (χ0) is 20.1. The van der Waals surface area contributed by atoms with Gasteiger partial charge in [0, 0.05) is 24.2 Å². The lowest BCUT2D eigenvalue weighted by Gasteiger charge is -2.25. The highest BCUT2D eigenvalue weighted by atomic mass is 16.5. The molecule has 2 aromatic carbocycles. The minimum Gasteiger partial charge on any atom is -0.356 e. The Morgan fingerprint density at radius 2 is 1.83 bits per heavy atom. The molecule has 6 rings (SSSR count). The standard InChI is InChI=1S/C22H18N6O2/c29-22-21-20(25-28(22)19-10-13-30-19)17-4-1-2-5-18(17)27(24-21)14-15-6-8-16(9-7-15)26-12-3-11-23-26/h1-9,11-12,19H,10,13-14H2. The van der Waals surface area contributed by atoms with Crippen LogP contribution < -0.4 is 5.56 Å². The molecule has 1 unspecified atom stereocenters. The summed E-state index contributed by atoms with van der Waals surface area (Å²) in [6.07, 6.45) is 4.17. The van der Waals surface area contributed by atoms with Crippen molar-refractivity contribution in [3.05, 3.63) is 82.9 Å². The fraction of sp³-hybridized carbons (Fsp3) is 0.182. The predicted octanol–water partition coefficient (Wildman–Crippen LogP) is 2.85. The molecule has 1 fully saturated rings. The molecule has 4 heterocycles. The van der Waals surface area contributed by atoms with Gasteiger partial charge < -0.3 is 4.74 Å². The summed E-state index contributed by atoms with van der Waals surface area (Å²) in [5, 5.41) is 14.4. The lowest BCUT2D eigenvalue weighted by atomic mass is 10.1. The normalized spacial score (nSPS) is 16.2. The van der Waals surface area contributed by atoms with Gasteiger partial charge in [-0.25, -0.2) is 4.68 Å². The van der Waals surface area contributed by atoms with Gasteiger partial charge in [0.15, 0.2) is 11.9 Å². The smallest absolute Gasteiger partial charge is 0.299 e. The van der Waals surface area contributed by atoms with Gasteiger partial charge in [-0.3, -0.25) is 9.48 Å². The maximum atomic E-state index is 12.9. The lowest BCUT2D eigenvalue weighted by molar-refractivity contribution is -0.108. The van der Waals surface area contributed by atoms with E-state index in [1.807, 2.05) is 70.2 Å². The number of rotatable bonds is 4. The highest BCUT2D eigenvalue weighted by molar-refractivity contribution is 5.92. The summed E-state index contributed by atoms with van der Waals surface area (Å²) in [6, 6.07) is 17.9. The third-order valence-corrected chi connectivity index (χ3v) is 5.49. The number of benzene rings is 2. The van der Waals surface area contributed by atoms with Crippen LogP contribution in [0, 0.1) is 0 Å². The Bertz CT molecular complexity index is 1360. The first-order valence-corrected chi connectivity index (χ1v) is 9.86. The Hall–Kier alpha value is -3.78. The van der Waals surface area contributed by atoms with Crippen molar-refractivity contribution < 1.29 is 4.74 Å². The summed E-state index contributed by atoms with van der Waals surface area (Å²) >= 11 is 0. The maximum absolute atomic E-state index is 12.9. The summed E-state index contributed by atoms with van der Waals surface area (Å²) in [5.41, 5.74) is 3.79. The van der Waals surface area contributed by atoms with Crippen LogP contribution in [0.2, 0.25) is 0 Å². The van der Waals surface area contributed by atoms with E-state index in [4.69, 9.17) is 4.74 Å². The van der Waals surface area contributed by atoms with Crippen LogP contribution >= 0.6 is 0 Å². The molecule has 148 valence electrons. The summed E-state index contributed by atoms with van der Waals surface area (Å²) in [4.78, 5) is 12.9. The summed E-state index contributed by atoms with van der Waals surface area (Å²) in [7, 11) is 0. The number of ether oxygens (including phenoxy) is 1. The monoisotopic (exact) mass is 398 g/mol. The van der Waals surface area contributed by atoms with Crippen LogP contribution in [0.15, 0.2) is 71.8 Å². The first-order chi connectivity index (χ1) is 14.8. The lowest BCUT2D eigenvalue weighted by Crippen LogP contribution is -2.32. The molecule has 0 radical (unpaired) electrons. The minimum absolute atomic E-state index is 0.205. The molecular formula is C22H18N6O2. The molecule has 1 atom stereocenters. The van der Waals surface area contributed by atoms with Crippen LogP contribution in [0.4, 0.5) is 0 Å². The fourth-order valence-electron chi connectivity index (χ4n) is 3.84. The first-order valence-electron chi connectivity index (χ1n) is 9.86. The fourth-order valence-corrected chi connectivity index (χ4v) is 3.84. The molecule has 0 aliphatic carbocycles. The molecule has 8 nitrogen and oxygen atoms in total. The van der Waals surface area contributed by atoms with Crippen molar-refractivity contribution in [2.24, 2.45) is 0 Å². The molecule has 0 N–H and O–H groups in total.